The Bertz CT molecular complexity index is 409. The summed E-state index contributed by atoms with van der Waals surface area (Å²) in [5, 5.41) is 3.34. The third-order valence-corrected chi connectivity index (χ3v) is 4.44. The minimum atomic E-state index is 0.455. The van der Waals surface area contributed by atoms with E-state index >= 15 is 0 Å². The molecular formula is C13H19N3O. The van der Waals surface area contributed by atoms with Crippen molar-refractivity contribution < 1.29 is 4.74 Å². The normalized spacial score (nSPS) is 33.9. The molecular weight excluding hydrogens is 214 g/mol. The summed E-state index contributed by atoms with van der Waals surface area (Å²) < 4.78 is 8.34. The van der Waals surface area contributed by atoms with Crippen LogP contribution in [0.1, 0.15) is 36.9 Å². The topological polar surface area (TPSA) is 39.1 Å². The Morgan fingerprint density at radius 1 is 1.29 bits per heavy atom. The van der Waals surface area contributed by atoms with Gasteiger partial charge in [0.15, 0.2) is 0 Å². The molecule has 2 atom stereocenters. The number of imidazole rings is 1. The lowest BCUT2D eigenvalue weighted by atomic mass is 9.98. The summed E-state index contributed by atoms with van der Waals surface area (Å²) in [5.41, 5.74) is 1.41. The van der Waals surface area contributed by atoms with Crippen molar-refractivity contribution in [3.8, 4) is 0 Å². The van der Waals surface area contributed by atoms with Crippen molar-refractivity contribution >= 4 is 0 Å². The van der Waals surface area contributed by atoms with Crippen LogP contribution < -0.4 is 5.32 Å². The Morgan fingerprint density at radius 2 is 2.18 bits per heavy atom. The first-order chi connectivity index (χ1) is 8.43. The molecule has 0 spiro atoms. The van der Waals surface area contributed by atoms with Crippen molar-refractivity contribution in [1.82, 2.24) is 14.9 Å². The highest BCUT2D eigenvalue weighted by Crippen LogP contribution is 2.44. The van der Waals surface area contributed by atoms with Gasteiger partial charge in [-0.2, -0.15) is 0 Å². The van der Waals surface area contributed by atoms with Gasteiger partial charge >= 0.3 is 0 Å². The smallest absolute Gasteiger partial charge is 0.0951 e. The fraction of sp³-hybridized carbons (Fsp3) is 0.769. The summed E-state index contributed by atoms with van der Waals surface area (Å²) in [6.07, 6.45) is 8.39. The molecule has 0 radical (unpaired) electrons. The van der Waals surface area contributed by atoms with Crippen molar-refractivity contribution in [3.05, 3.63) is 18.2 Å². The zero-order valence-electron chi connectivity index (χ0n) is 10.0. The maximum atomic E-state index is 5.94. The first kappa shape index (κ1) is 10.1. The molecule has 1 aromatic heterocycles. The van der Waals surface area contributed by atoms with Gasteiger partial charge in [-0.1, -0.05) is 0 Å². The second-order valence-corrected chi connectivity index (χ2v) is 5.61. The number of nitrogens with zero attached hydrogens (tertiary/aromatic N) is 2. The first-order valence-corrected chi connectivity index (χ1v) is 6.77. The van der Waals surface area contributed by atoms with Crippen LogP contribution in [0, 0.1) is 5.92 Å². The molecule has 0 bridgehead atoms. The Kier molecular flexibility index (Phi) is 2.27. The molecule has 3 heterocycles. The summed E-state index contributed by atoms with van der Waals surface area (Å²) in [5.74, 6) is 1.48. The predicted octanol–water partition coefficient (Wildman–Crippen LogP) is 1.31. The number of nitrogens with one attached hydrogen (secondary N) is 1. The van der Waals surface area contributed by atoms with E-state index in [1.54, 1.807) is 0 Å². The van der Waals surface area contributed by atoms with Crippen molar-refractivity contribution in [3.63, 3.8) is 0 Å². The molecule has 3 aliphatic rings. The molecule has 2 aliphatic heterocycles. The van der Waals surface area contributed by atoms with E-state index in [0.717, 1.165) is 32.0 Å². The van der Waals surface area contributed by atoms with Crippen molar-refractivity contribution in [2.75, 3.05) is 19.7 Å². The van der Waals surface area contributed by atoms with E-state index < -0.39 is 0 Å². The molecule has 1 aliphatic carbocycles. The van der Waals surface area contributed by atoms with E-state index in [4.69, 9.17) is 4.74 Å². The van der Waals surface area contributed by atoms with Gasteiger partial charge in [-0.05, 0) is 25.2 Å². The zero-order valence-corrected chi connectivity index (χ0v) is 10.0. The van der Waals surface area contributed by atoms with Gasteiger partial charge in [-0.25, -0.2) is 4.98 Å². The minimum Gasteiger partial charge on any atom is -0.376 e. The van der Waals surface area contributed by atoms with Crippen LogP contribution in [0.15, 0.2) is 12.5 Å². The second kappa shape index (κ2) is 3.82. The standard InChI is InChI=1S/C13H19N3O/c1-2-9(1)13-11(3-4-17-13)16-8-15-7-12(16)10-5-14-6-10/h7-11,13-14H,1-6H2. The molecule has 2 unspecified atom stereocenters. The van der Waals surface area contributed by atoms with Gasteiger partial charge in [0, 0.05) is 37.5 Å². The van der Waals surface area contributed by atoms with Crippen LogP contribution in [0.3, 0.4) is 0 Å². The average molecular weight is 233 g/mol. The third kappa shape index (κ3) is 1.62. The molecule has 1 aromatic rings. The van der Waals surface area contributed by atoms with Gasteiger partial charge in [0.25, 0.3) is 0 Å². The highest BCUT2D eigenvalue weighted by atomic mass is 16.5. The number of aromatic nitrogens is 2. The first-order valence-electron chi connectivity index (χ1n) is 6.77. The van der Waals surface area contributed by atoms with Crippen molar-refractivity contribution in [1.29, 1.82) is 0 Å². The molecule has 92 valence electrons. The molecule has 4 heteroatoms. The Balaban J connectivity index is 1.62. The highest BCUT2D eigenvalue weighted by molar-refractivity contribution is 5.14. The molecule has 1 saturated carbocycles. The molecule has 0 aromatic carbocycles. The van der Waals surface area contributed by atoms with Crippen LogP contribution in [0.4, 0.5) is 0 Å². The number of hydrogen-bond donors (Lipinski definition) is 1. The number of rotatable bonds is 3. The van der Waals surface area contributed by atoms with Crippen molar-refractivity contribution in [2.45, 2.75) is 37.3 Å². The molecule has 1 N–H and O–H groups in total. The van der Waals surface area contributed by atoms with Crippen LogP contribution in [-0.2, 0) is 4.74 Å². The average Bonchev–Trinajstić information content (AvgIpc) is 2.82. The fourth-order valence-electron chi connectivity index (χ4n) is 3.18. The zero-order chi connectivity index (χ0) is 11.2. The van der Waals surface area contributed by atoms with E-state index in [0.29, 0.717) is 18.1 Å². The van der Waals surface area contributed by atoms with Gasteiger partial charge in [0.05, 0.1) is 18.5 Å². The monoisotopic (exact) mass is 233 g/mol. The van der Waals surface area contributed by atoms with E-state index in [9.17, 15) is 0 Å². The van der Waals surface area contributed by atoms with E-state index in [1.807, 2.05) is 12.5 Å². The van der Waals surface area contributed by atoms with Crippen LogP contribution in [0.5, 0.6) is 0 Å². The van der Waals surface area contributed by atoms with Crippen LogP contribution in [0.25, 0.3) is 0 Å². The lowest BCUT2D eigenvalue weighted by molar-refractivity contribution is 0.0741. The molecule has 17 heavy (non-hydrogen) atoms. The van der Waals surface area contributed by atoms with Crippen molar-refractivity contribution in [2.24, 2.45) is 5.92 Å². The lowest BCUT2D eigenvalue weighted by Crippen LogP contribution is -2.41. The molecule has 4 rings (SSSR count). The van der Waals surface area contributed by atoms with E-state index in [2.05, 4.69) is 14.9 Å². The highest BCUT2D eigenvalue weighted by Gasteiger charge is 2.42. The summed E-state index contributed by atoms with van der Waals surface area (Å²) in [6, 6.07) is 0.542. The van der Waals surface area contributed by atoms with E-state index in [1.165, 1.54) is 18.5 Å². The maximum absolute atomic E-state index is 5.94. The lowest BCUT2D eigenvalue weighted by Gasteiger charge is -2.30. The Labute approximate surface area is 101 Å². The summed E-state index contributed by atoms with van der Waals surface area (Å²) in [7, 11) is 0. The summed E-state index contributed by atoms with van der Waals surface area (Å²) >= 11 is 0. The molecule has 3 fully saturated rings. The molecule has 2 saturated heterocycles. The fourth-order valence-corrected chi connectivity index (χ4v) is 3.18. The summed E-state index contributed by atoms with van der Waals surface area (Å²) in [6.45, 7) is 3.13. The maximum Gasteiger partial charge on any atom is 0.0951 e. The van der Waals surface area contributed by atoms with Crippen LogP contribution in [0.2, 0.25) is 0 Å². The third-order valence-electron chi connectivity index (χ3n) is 4.44. The number of ether oxygens (including phenoxy) is 1. The molecule has 4 nitrogen and oxygen atoms in total. The van der Waals surface area contributed by atoms with Gasteiger partial charge in [0.1, 0.15) is 0 Å². The van der Waals surface area contributed by atoms with Gasteiger partial charge in [-0.3, -0.25) is 0 Å². The Hall–Kier alpha value is -0.870. The van der Waals surface area contributed by atoms with Gasteiger partial charge in [-0.15, -0.1) is 0 Å². The minimum absolute atomic E-state index is 0.455. The summed E-state index contributed by atoms with van der Waals surface area (Å²) in [4.78, 5) is 4.36. The van der Waals surface area contributed by atoms with Gasteiger partial charge < -0.3 is 14.6 Å². The quantitative estimate of drug-likeness (QED) is 0.855. The van der Waals surface area contributed by atoms with Crippen LogP contribution in [-0.4, -0.2) is 35.4 Å². The van der Waals surface area contributed by atoms with Gasteiger partial charge in [0.2, 0.25) is 0 Å². The number of hydrogen-bond acceptors (Lipinski definition) is 3. The predicted molar refractivity (Wildman–Crippen MR) is 64.0 cm³/mol. The second-order valence-electron chi connectivity index (χ2n) is 5.61. The largest absolute Gasteiger partial charge is 0.376 e. The SMILES string of the molecule is c1ncn(C2CCOC2C2CC2)c1C1CNC1. The molecule has 0 amide bonds. The van der Waals surface area contributed by atoms with Crippen LogP contribution >= 0.6 is 0 Å². The van der Waals surface area contributed by atoms with E-state index in [-0.39, 0.29) is 0 Å². The Morgan fingerprint density at radius 3 is 2.88 bits per heavy atom.